The average molecular weight is 326 g/mol. The summed E-state index contributed by atoms with van der Waals surface area (Å²) in [4.78, 5) is 22.8. The first-order valence-electron chi connectivity index (χ1n) is 6.49. The molecule has 0 saturated heterocycles. The average Bonchev–Trinajstić information content (AvgIpc) is 2.81. The first-order valence-corrected chi connectivity index (χ1v) is 7.75. The van der Waals surface area contributed by atoms with Gasteiger partial charge in [-0.15, -0.1) is 11.3 Å². The molecule has 0 spiro atoms. The van der Waals surface area contributed by atoms with Crippen LogP contribution in [0, 0.1) is 6.92 Å². The van der Waals surface area contributed by atoms with Gasteiger partial charge in [-0.2, -0.15) is 15.0 Å². The minimum atomic E-state index is 0.173. The second-order valence-electron chi connectivity index (χ2n) is 4.60. The zero-order chi connectivity index (χ0) is 15.2. The number of hydrogen-bond acceptors (Lipinski definition) is 6. The molecule has 2 rings (SSSR count). The minimum absolute atomic E-state index is 0.173. The van der Waals surface area contributed by atoms with Crippen molar-refractivity contribution in [2.45, 2.75) is 32.7 Å². The van der Waals surface area contributed by atoms with E-state index >= 15 is 0 Å². The van der Waals surface area contributed by atoms with Crippen molar-refractivity contribution in [3.8, 4) is 0 Å². The highest BCUT2D eigenvalue weighted by molar-refractivity contribution is 7.14. The van der Waals surface area contributed by atoms with Gasteiger partial charge in [0.15, 0.2) is 0 Å². The molecular formula is C13H16ClN5OS. The summed E-state index contributed by atoms with van der Waals surface area (Å²) in [6.07, 6.45) is 2.33. The second-order valence-corrected chi connectivity index (χ2v) is 6.11. The lowest BCUT2D eigenvalue weighted by molar-refractivity contribution is -0.105. The van der Waals surface area contributed by atoms with E-state index < -0.39 is 0 Å². The molecule has 0 aliphatic heterocycles. The van der Waals surface area contributed by atoms with Gasteiger partial charge in [-0.3, -0.25) is 10.1 Å². The molecule has 1 unspecified atom stereocenters. The van der Waals surface area contributed by atoms with Crippen LogP contribution in [0.25, 0.3) is 0 Å². The molecule has 2 heterocycles. The van der Waals surface area contributed by atoms with Crippen molar-refractivity contribution in [3.63, 3.8) is 0 Å². The number of carbonyl (C=O) groups excluding carboxylic acids is 1. The van der Waals surface area contributed by atoms with Gasteiger partial charge < -0.3 is 5.32 Å². The van der Waals surface area contributed by atoms with Crippen LogP contribution in [0.3, 0.4) is 0 Å². The third kappa shape index (κ3) is 4.64. The summed E-state index contributed by atoms with van der Waals surface area (Å²) in [5, 5.41) is 7.62. The predicted octanol–water partition coefficient (Wildman–Crippen LogP) is 2.90. The molecule has 1 amide bonds. The molecule has 2 aromatic rings. The van der Waals surface area contributed by atoms with Crippen LogP contribution in [-0.2, 0) is 11.2 Å². The van der Waals surface area contributed by atoms with Crippen LogP contribution in [0.5, 0.6) is 0 Å². The normalized spacial score (nSPS) is 12.0. The standard InChI is InChI=1S/C13H16ClN5OS/c1-8(3-4-10-5-6-21-11(10)14)16-13-18-9(2)17-12(19-13)15-7-20/h5-8H,3-4H2,1-2H3,(H2,15,16,17,18,19,20). The fourth-order valence-electron chi connectivity index (χ4n) is 1.83. The maximum absolute atomic E-state index is 10.4. The van der Waals surface area contributed by atoms with E-state index in [1.54, 1.807) is 18.3 Å². The SMILES string of the molecule is Cc1nc(NC=O)nc(NC(C)CCc2ccsc2Cl)n1. The Morgan fingerprint density at radius 1 is 1.38 bits per heavy atom. The van der Waals surface area contributed by atoms with Gasteiger partial charge in [-0.25, -0.2) is 0 Å². The van der Waals surface area contributed by atoms with Crippen LogP contribution < -0.4 is 10.6 Å². The Balaban J connectivity index is 1.94. The number of amides is 1. The summed E-state index contributed by atoms with van der Waals surface area (Å²) in [7, 11) is 0. The summed E-state index contributed by atoms with van der Waals surface area (Å²) < 4.78 is 0.843. The molecule has 0 fully saturated rings. The Morgan fingerprint density at radius 3 is 2.81 bits per heavy atom. The largest absolute Gasteiger partial charge is 0.352 e. The molecule has 0 saturated carbocycles. The van der Waals surface area contributed by atoms with E-state index in [1.807, 2.05) is 18.4 Å². The van der Waals surface area contributed by atoms with Crippen LogP contribution in [0.4, 0.5) is 11.9 Å². The van der Waals surface area contributed by atoms with E-state index in [0.29, 0.717) is 18.2 Å². The molecule has 0 aromatic carbocycles. The van der Waals surface area contributed by atoms with Gasteiger partial charge in [-0.05, 0) is 43.7 Å². The number of aromatic nitrogens is 3. The fourth-order valence-corrected chi connectivity index (χ4v) is 2.81. The topological polar surface area (TPSA) is 79.8 Å². The van der Waals surface area contributed by atoms with Gasteiger partial charge in [0.1, 0.15) is 5.82 Å². The molecule has 0 aliphatic carbocycles. The molecule has 6 nitrogen and oxygen atoms in total. The molecule has 8 heteroatoms. The van der Waals surface area contributed by atoms with Crippen molar-refractivity contribution in [1.29, 1.82) is 0 Å². The number of carbonyl (C=O) groups is 1. The maximum Gasteiger partial charge on any atom is 0.234 e. The molecule has 112 valence electrons. The Kier molecular flexibility index (Phi) is 5.46. The van der Waals surface area contributed by atoms with Crippen molar-refractivity contribution in [2.24, 2.45) is 0 Å². The number of thiophene rings is 1. The molecule has 0 radical (unpaired) electrons. The number of anilines is 2. The summed E-state index contributed by atoms with van der Waals surface area (Å²) in [5.41, 5.74) is 1.16. The Hall–Kier alpha value is -1.73. The van der Waals surface area contributed by atoms with E-state index in [1.165, 1.54) is 0 Å². The molecule has 21 heavy (non-hydrogen) atoms. The van der Waals surface area contributed by atoms with Crippen molar-refractivity contribution >= 4 is 41.2 Å². The summed E-state index contributed by atoms with van der Waals surface area (Å²) in [6, 6.07) is 2.21. The van der Waals surface area contributed by atoms with Gasteiger partial charge in [0.25, 0.3) is 0 Å². The molecule has 1 atom stereocenters. The molecule has 0 aliphatic rings. The summed E-state index contributed by atoms with van der Waals surface area (Å²) >= 11 is 7.62. The Bertz CT molecular complexity index is 618. The summed E-state index contributed by atoms with van der Waals surface area (Å²) in [5.74, 6) is 1.24. The quantitative estimate of drug-likeness (QED) is 0.765. The molecule has 2 aromatic heterocycles. The lowest BCUT2D eigenvalue weighted by Gasteiger charge is -2.14. The number of aryl methyl sites for hydroxylation is 2. The smallest absolute Gasteiger partial charge is 0.234 e. The van der Waals surface area contributed by atoms with Crippen molar-refractivity contribution in [3.05, 3.63) is 27.2 Å². The molecule has 0 bridgehead atoms. The Morgan fingerprint density at radius 2 is 2.14 bits per heavy atom. The number of nitrogens with one attached hydrogen (secondary N) is 2. The predicted molar refractivity (Wildman–Crippen MR) is 85.0 cm³/mol. The number of rotatable bonds is 7. The van der Waals surface area contributed by atoms with E-state index in [-0.39, 0.29) is 12.0 Å². The fraction of sp³-hybridized carbons (Fsp3) is 0.385. The zero-order valence-corrected chi connectivity index (χ0v) is 13.3. The van der Waals surface area contributed by atoms with E-state index in [4.69, 9.17) is 11.6 Å². The van der Waals surface area contributed by atoms with Crippen LogP contribution >= 0.6 is 22.9 Å². The van der Waals surface area contributed by atoms with Gasteiger partial charge in [0.05, 0.1) is 4.34 Å². The number of hydrogen-bond donors (Lipinski definition) is 2. The van der Waals surface area contributed by atoms with E-state index in [9.17, 15) is 4.79 Å². The van der Waals surface area contributed by atoms with Crippen molar-refractivity contribution in [1.82, 2.24) is 15.0 Å². The van der Waals surface area contributed by atoms with E-state index in [2.05, 4.69) is 25.6 Å². The highest BCUT2D eigenvalue weighted by Gasteiger charge is 2.09. The highest BCUT2D eigenvalue weighted by atomic mass is 35.5. The monoisotopic (exact) mass is 325 g/mol. The maximum atomic E-state index is 10.4. The van der Waals surface area contributed by atoms with Gasteiger partial charge in [0, 0.05) is 6.04 Å². The first-order chi connectivity index (χ1) is 10.1. The van der Waals surface area contributed by atoms with Crippen LogP contribution in [-0.4, -0.2) is 27.4 Å². The van der Waals surface area contributed by atoms with Crippen molar-refractivity contribution in [2.75, 3.05) is 10.6 Å². The molecular weight excluding hydrogens is 310 g/mol. The van der Waals surface area contributed by atoms with E-state index in [0.717, 1.165) is 22.7 Å². The lowest BCUT2D eigenvalue weighted by atomic mass is 10.1. The van der Waals surface area contributed by atoms with Crippen LogP contribution in [0.2, 0.25) is 4.34 Å². The van der Waals surface area contributed by atoms with Crippen LogP contribution in [0.15, 0.2) is 11.4 Å². The second kappa shape index (κ2) is 7.33. The minimum Gasteiger partial charge on any atom is -0.352 e. The van der Waals surface area contributed by atoms with Gasteiger partial charge >= 0.3 is 0 Å². The third-order valence-electron chi connectivity index (χ3n) is 2.85. The lowest BCUT2D eigenvalue weighted by Crippen LogP contribution is -2.19. The number of nitrogens with zero attached hydrogens (tertiary/aromatic N) is 3. The molecule has 2 N–H and O–H groups in total. The van der Waals surface area contributed by atoms with Gasteiger partial charge in [-0.1, -0.05) is 11.6 Å². The Labute approximate surface area is 132 Å². The first kappa shape index (κ1) is 15.7. The highest BCUT2D eigenvalue weighted by Crippen LogP contribution is 2.24. The van der Waals surface area contributed by atoms with Gasteiger partial charge in [0.2, 0.25) is 18.3 Å². The third-order valence-corrected chi connectivity index (χ3v) is 4.10. The van der Waals surface area contributed by atoms with Crippen LogP contribution in [0.1, 0.15) is 24.7 Å². The number of halogens is 1. The van der Waals surface area contributed by atoms with Crippen molar-refractivity contribution < 1.29 is 4.79 Å². The summed E-state index contributed by atoms with van der Waals surface area (Å²) in [6.45, 7) is 3.80. The zero-order valence-electron chi connectivity index (χ0n) is 11.8.